The zero-order chi connectivity index (χ0) is 22.8. The number of carbonyl (C=O) groups is 2. The Labute approximate surface area is 191 Å². The minimum absolute atomic E-state index is 0.0424. The normalized spacial score (nSPS) is 20.8. The molecule has 2 aromatic rings. The van der Waals surface area contributed by atoms with E-state index in [2.05, 4.69) is 0 Å². The van der Waals surface area contributed by atoms with Crippen molar-refractivity contribution < 1.29 is 19.4 Å². The van der Waals surface area contributed by atoms with Gasteiger partial charge in [-0.2, -0.15) is 0 Å². The third kappa shape index (κ3) is 4.41. The van der Waals surface area contributed by atoms with Crippen molar-refractivity contribution in [1.29, 1.82) is 0 Å². The van der Waals surface area contributed by atoms with Gasteiger partial charge in [-0.15, -0.1) is 23.5 Å². The maximum absolute atomic E-state index is 12.5. The fourth-order valence-corrected chi connectivity index (χ4v) is 6.16. The van der Waals surface area contributed by atoms with Crippen LogP contribution >= 0.6 is 23.5 Å². The predicted molar refractivity (Wildman–Crippen MR) is 120 cm³/mol. The number of nitrogens with zero attached hydrogens (tertiary/aromatic N) is 4. The van der Waals surface area contributed by atoms with Crippen molar-refractivity contribution in [2.75, 3.05) is 24.6 Å². The van der Waals surface area contributed by atoms with E-state index in [1.54, 1.807) is 34.1 Å². The number of thioether (sulfide) groups is 2. The second-order valence-corrected chi connectivity index (χ2v) is 9.34. The van der Waals surface area contributed by atoms with Gasteiger partial charge in [0, 0.05) is 37.4 Å². The van der Waals surface area contributed by atoms with Crippen LogP contribution in [0.15, 0.2) is 48.5 Å². The van der Waals surface area contributed by atoms with Gasteiger partial charge in [0.25, 0.3) is 11.4 Å². The summed E-state index contributed by atoms with van der Waals surface area (Å²) in [5, 5.41) is 21.5. The maximum atomic E-state index is 12.5. The first-order valence-corrected chi connectivity index (χ1v) is 11.8. The molecule has 166 valence electrons. The molecule has 0 aromatic heterocycles. The van der Waals surface area contributed by atoms with Gasteiger partial charge in [-0.25, -0.2) is 0 Å². The molecule has 0 radical (unpaired) electrons. The average molecular weight is 475 g/mol. The quantitative estimate of drug-likeness (QED) is 0.442. The molecule has 12 heteroatoms. The molecule has 0 saturated carbocycles. The van der Waals surface area contributed by atoms with E-state index in [9.17, 15) is 29.8 Å². The Morgan fingerprint density at radius 3 is 1.56 bits per heavy atom. The Morgan fingerprint density at radius 1 is 0.781 bits per heavy atom. The summed E-state index contributed by atoms with van der Waals surface area (Å²) in [5.74, 6) is 0.310. The molecule has 4 rings (SSSR count). The van der Waals surface area contributed by atoms with Crippen molar-refractivity contribution in [3.8, 4) is 0 Å². The molecule has 2 aliphatic rings. The molecule has 32 heavy (non-hydrogen) atoms. The number of hydrogen-bond acceptors (Lipinski definition) is 8. The summed E-state index contributed by atoms with van der Waals surface area (Å²) in [6.07, 6.45) is 0. The number of rotatable bonds is 7. The Morgan fingerprint density at radius 2 is 1.19 bits per heavy atom. The summed E-state index contributed by atoms with van der Waals surface area (Å²) in [4.78, 5) is 49.6. The fourth-order valence-electron chi connectivity index (χ4n) is 3.74. The first kappa shape index (κ1) is 22.1. The van der Waals surface area contributed by atoms with Crippen LogP contribution in [-0.4, -0.2) is 56.1 Å². The van der Waals surface area contributed by atoms with E-state index in [4.69, 9.17) is 0 Å². The van der Waals surface area contributed by atoms with Gasteiger partial charge in [-0.1, -0.05) is 24.3 Å². The minimum Gasteiger partial charge on any atom is -0.324 e. The molecule has 2 fully saturated rings. The zero-order valence-electron chi connectivity index (χ0n) is 16.7. The van der Waals surface area contributed by atoms with E-state index in [1.807, 2.05) is 0 Å². The number of amides is 2. The molecule has 0 N–H and O–H groups in total. The number of nitro benzene ring substituents is 2. The maximum Gasteiger partial charge on any atom is 0.269 e. The molecule has 2 heterocycles. The molecule has 10 nitrogen and oxygen atoms in total. The first-order valence-electron chi connectivity index (χ1n) is 9.66. The van der Waals surface area contributed by atoms with Crippen LogP contribution in [0, 0.1) is 20.2 Å². The molecular formula is C20H18N4O6S2. The highest BCUT2D eigenvalue weighted by atomic mass is 32.2. The molecule has 2 amide bonds. The van der Waals surface area contributed by atoms with Gasteiger partial charge in [0.15, 0.2) is 0 Å². The van der Waals surface area contributed by atoms with Crippen molar-refractivity contribution in [3.05, 3.63) is 79.9 Å². The Kier molecular flexibility index (Phi) is 6.33. The van der Waals surface area contributed by atoms with Crippen molar-refractivity contribution in [3.63, 3.8) is 0 Å². The summed E-state index contributed by atoms with van der Waals surface area (Å²) < 4.78 is 0. The summed E-state index contributed by atoms with van der Waals surface area (Å²) in [5.41, 5.74) is 1.23. The summed E-state index contributed by atoms with van der Waals surface area (Å²) in [7, 11) is 0. The average Bonchev–Trinajstić information content (AvgIpc) is 3.34. The first-order chi connectivity index (χ1) is 15.3. The van der Waals surface area contributed by atoms with Crippen LogP contribution in [0.25, 0.3) is 0 Å². The standard InChI is InChI=1S/C20H18N4O6S2/c25-17-11-31-19(13-3-1-5-15(9-13)23(27)28)21(17)7-8-22-18(26)12-32-20(22)14-4-2-6-16(10-14)24(29)30/h1-6,9-10,19-20H,7-8,11-12H2/t19-,20-/m1/s1. The number of benzene rings is 2. The Bertz CT molecular complexity index is 1010. The van der Waals surface area contributed by atoms with Crippen LogP contribution in [0.2, 0.25) is 0 Å². The smallest absolute Gasteiger partial charge is 0.269 e. The molecular weight excluding hydrogens is 456 g/mol. The number of non-ortho nitro benzene ring substituents is 2. The molecule has 0 spiro atoms. The zero-order valence-corrected chi connectivity index (χ0v) is 18.3. The number of nitro groups is 2. The van der Waals surface area contributed by atoms with Gasteiger partial charge in [-0.05, 0) is 11.1 Å². The topological polar surface area (TPSA) is 127 Å². The van der Waals surface area contributed by atoms with Crippen LogP contribution in [-0.2, 0) is 9.59 Å². The van der Waals surface area contributed by atoms with Gasteiger partial charge in [0.05, 0.1) is 21.4 Å². The molecule has 2 atom stereocenters. The van der Waals surface area contributed by atoms with Gasteiger partial charge in [0.1, 0.15) is 10.7 Å². The molecule has 2 saturated heterocycles. The van der Waals surface area contributed by atoms with Gasteiger partial charge in [-0.3, -0.25) is 29.8 Å². The SMILES string of the molecule is O=C1CS[C@H](c2cccc([N+](=O)[O-])c2)N1CCN1C(=O)CS[C@@H]1c1cccc([N+](=O)[O-])c1. The summed E-state index contributed by atoms with van der Waals surface area (Å²) in [6.45, 7) is 0.522. The predicted octanol–water partition coefficient (Wildman–Crippen LogP) is 3.35. The van der Waals surface area contributed by atoms with Crippen LogP contribution in [0.5, 0.6) is 0 Å². The van der Waals surface area contributed by atoms with Crippen LogP contribution in [0.4, 0.5) is 11.4 Å². The van der Waals surface area contributed by atoms with Crippen molar-refractivity contribution in [2.24, 2.45) is 0 Å². The third-order valence-electron chi connectivity index (χ3n) is 5.25. The number of carbonyl (C=O) groups excluding carboxylic acids is 2. The fraction of sp³-hybridized carbons (Fsp3) is 0.300. The van der Waals surface area contributed by atoms with E-state index in [-0.39, 0.29) is 58.5 Å². The van der Waals surface area contributed by atoms with Crippen LogP contribution < -0.4 is 0 Å². The highest BCUT2D eigenvalue weighted by Crippen LogP contribution is 2.42. The highest BCUT2D eigenvalue weighted by molar-refractivity contribution is 8.00. The molecule has 0 unspecified atom stereocenters. The Hall–Kier alpha value is -3.12. The number of hydrogen-bond donors (Lipinski definition) is 0. The van der Waals surface area contributed by atoms with Gasteiger partial charge >= 0.3 is 0 Å². The second-order valence-electron chi connectivity index (χ2n) is 7.21. The van der Waals surface area contributed by atoms with Crippen LogP contribution in [0.3, 0.4) is 0 Å². The lowest BCUT2D eigenvalue weighted by Gasteiger charge is -2.29. The lowest BCUT2D eigenvalue weighted by atomic mass is 10.1. The largest absolute Gasteiger partial charge is 0.324 e. The monoisotopic (exact) mass is 474 g/mol. The Balaban J connectivity index is 1.51. The molecule has 0 aliphatic carbocycles. The summed E-state index contributed by atoms with van der Waals surface area (Å²) >= 11 is 2.78. The summed E-state index contributed by atoms with van der Waals surface area (Å²) in [6, 6.07) is 12.4. The van der Waals surface area contributed by atoms with E-state index in [1.165, 1.54) is 47.8 Å². The highest BCUT2D eigenvalue weighted by Gasteiger charge is 2.37. The van der Waals surface area contributed by atoms with E-state index >= 15 is 0 Å². The van der Waals surface area contributed by atoms with E-state index < -0.39 is 9.85 Å². The lowest BCUT2D eigenvalue weighted by Crippen LogP contribution is -2.39. The van der Waals surface area contributed by atoms with Gasteiger partial charge in [0.2, 0.25) is 11.8 Å². The van der Waals surface area contributed by atoms with E-state index in [0.29, 0.717) is 11.1 Å². The lowest BCUT2D eigenvalue weighted by molar-refractivity contribution is -0.385. The molecule has 2 aliphatic heterocycles. The molecule has 2 aromatic carbocycles. The van der Waals surface area contributed by atoms with Crippen molar-refractivity contribution >= 4 is 46.7 Å². The third-order valence-corrected chi connectivity index (χ3v) is 7.76. The van der Waals surface area contributed by atoms with Gasteiger partial charge < -0.3 is 9.80 Å². The van der Waals surface area contributed by atoms with E-state index in [0.717, 1.165) is 0 Å². The van der Waals surface area contributed by atoms with Crippen molar-refractivity contribution in [2.45, 2.75) is 10.7 Å². The second kappa shape index (κ2) is 9.17. The van der Waals surface area contributed by atoms with Crippen molar-refractivity contribution in [1.82, 2.24) is 9.80 Å². The molecule has 0 bridgehead atoms. The van der Waals surface area contributed by atoms with Crippen LogP contribution in [0.1, 0.15) is 21.9 Å². The minimum atomic E-state index is -0.473.